The van der Waals surface area contributed by atoms with Crippen LogP contribution in [0.3, 0.4) is 0 Å². The zero-order chi connectivity index (χ0) is 16.9. The minimum absolute atomic E-state index is 0.0523. The van der Waals surface area contributed by atoms with Crippen molar-refractivity contribution in [3.05, 3.63) is 36.0 Å². The van der Waals surface area contributed by atoms with E-state index in [1.165, 1.54) is 0 Å². The molecule has 0 radical (unpaired) electrons. The van der Waals surface area contributed by atoms with Crippen LogP contribution in [-0.4, -0.2) is 50.6 Å². The Kier molecular flexibility index (Phi) is 5.14. The van der Waals surface area contributed by atoms with Gasteiger partial charge < -0.3 is 14.2 Å². The van der Waals surface area contributed by atoms with Crippen LogP contribution in [0, 0.1) is 0 Å². The summed E-state index contributed by atoms with van der Waals surface area (Å²) in [6.07, 6.45) is 5.47. The molecule has 0 saturated carbocycles. The molecule has 8 nitrogen and oxygen atoms in total. The van der Waals surface area contributed by atoms with Gasteiger partial charge in [-0.05, 0) is 0 Å². The molecule has 0 aliphatic carbocycles. The summed E-state index contributed by atoms with van der Waals surface area (Å²) in [6, 6.07) is 0. The van der Waals surface area contributed by atoms with Crippen LogP contribution in [0.2, 0.25) is 0 Å². The van der Waals surface area contributed by atoms with Gasteiger partial charge >= 0.3 is 0 Å². The van der Waals surface area contributed by atoms with Gasteiger partial charge in [0, 0.05) is 37.7 Å². The lowest BCUT2D eigenvalue weighted by atomic mass is 10.2. The van der Waals surface area contributed by atoms with Crippen LogP contribution in [0.15, 0.2) is 23.1 Å². The molecule has 1 fully saturated rings. The molecule has 3 rings (SSSR count). The molecule has 24 heavy (non-hydrogen) atoms. The monoisotopic (exact) mass is 331 g/mol. The van der Waals surface area contributed by atoms with Gasteiger partial charge in [0.05, 0.1) is 25.0 Å². The van der Waals surface area contributed by atoms with E-state index >= 15 is 0 Å². The van der Waals surface area contributed by atoms with E-state index in [9.17, 15) is 4.79 Å². The zero-order valence-electron chi connectivity index (χ0n) is 13.9. The van der Waals surface area contributed by atoms with Crippen molar-refractivity contribution in [1.82, 2.24) is 25.0 Å². The smallest absolute Gasteiger partial charge is 0.227 e. The van der Waals surface area contributed by atoms with Gasteiger partial charge in [-0.3, -0.25) is 14.8 Å². The maximum atomic E-state index is 12.4. The lowest BCUT2D eigenvalue weighted by Gasteiger charge is -2.32. The third kappa shape index (κ3) is 3.94. The molecule has 2 aromatic rings. The second-order valence-corrected chi connectivity index (χ2v) is 6.03. The van der Waals surface area contributed by atoms with Gasteiger partial charge in [-0.15, -0.1) is 0 Å². The van der Waals surface area contributed by atoms with Crippen LogP contribution < -0.4 is 0 Å². The minimum Gasteiger partial charge on any atom is -0.368 e. The van der Waals surface area contributed by atoms with Crippen molar-refractivity contribution in [2.24, 2.45) is 0 Å². The number of amides is 1. The highest BCUT2D eigenvalue weighted by atomic mass is 16.5. The molecule has 2 aromatic heterocycles. The van der Waals surface area contributed by atoms with Crippen LogP contribution in [0.25, 0.3) is 0 Å². The Morgan fingerprint density at radius 3 is 3.00 bits per heavy atom. The average molecular weight is 331 g/mol. The molecule has 1 saturated heterocycles. The summed E-state index contributed by atoms with van der Waals surface area (Å²) in [6.45, 7) is 5.56. The van der Waals surface area contributed by atoms with Gasteiger partial charge in [0.2, 0.25) is 11.8 Å². The summed E-state index contributed by atoms with van der Waals surface area (Å²) in [5, 5.41) is 3.91. The van der Waals surface area contributed by atoms with Crippen molar-refractivity contribution in [3.8, 4) is 0 Å². The zero-order valence-corrected chi connectivity index (χ0v) is 13.9. The van der Waals surface area contributed by atoms with E-state index in [1.54, 1.807) is 23.5 Å². The van der Waals surface area contributed by atoms with Crippen LogP contribution in [-0.2, 0) is 16.0 Å². The first-order valence-corrected chi connectivity index (χ1v) is 8.11. The first kappa shape index (κ1) is 16.5. The van der Waals surface area contributed by atoms with Crippen LogP contribution >= 0.6 is 0 Å². The molecule has 3 heterocycles. The topological polar surface area (TPSA) is 94.2 Å². The fourth-order valence-electron chi connectivity index (χ4n) is 2.51. The number of nitrogens with zero attached hydrogens (tertiary/aromatic N) is 5. The third-order valence-electron chi connectivity index (χ3n) is 3.89. The number of aryl methyl sites for hydroxylation is 1. The van der Waals surface area contributed by atoms with E-state index < -0.39 is 0 Å². The summed E-state index contributed by atoms with van der Waals surface area (Å²) in [5.74, 6) is 1.44. The number of carbonyl (C=O) groups is 1. The molecular formula is C16H21N5O3. The summed E-state index contributed by atoms with van der Waals surface area (Å²) < 4.78 is 10.9. The molecular weight excluding hydrogens is 310 g/mol. The Morgan fingerprint density at radius 2 is 2.29 bits per heavy atom. The third-order valence-corrected chi connectivity index (χ3v) is 3.89. The predicted molar refractivity (Wildman–Crippen MR) is 84.0 cm³/mol. The molecule has 8 heteroatoms. The molecule has 1 atom stereocenters. The number of morpholine rings is 1. The van der Waals surface area contributed by atoms with Gasteiger partial charge in [-0.1, -0.05) is 19.0 Å². The van der Waals surface area contributed by atoms with Crippen LogP contribution in [0.5, 0.6) is 0 Å². The molecule has 0 N–H and O–H groups in total. The van der Waals surface area contributed by atoms with Crippen molar-refractivity contribution < 1.29 is 14.1 Å². The summed E-state index contributed by atoms with van der Waals surface area (Å²) in [5.41, 5.74) is 0.744. The van der Waals surface area contributed by atoms with Crippen LogP contribution in [0.4, 0.5) is 0 Å². The Bertz CT molecular complexity index is 673. The quantitative estimate of drug-likeness (QED) is 0.819. The van der Waals surface area contributed by atoms with Gasteiger partial charge in [-0.2, -0.15) is 4.98 Å². The highest BCUT2D eigenvalue weighted by Crippen LogP contribution is 2.20. The van der Waals surface area contributed by atoms with Crippen molar-refractivity contribution in [2.75, 3.05) is 19.7 Å². The maximum absolute atomic E-state index is 12.4. The Balaban J connectivity index is 1.54. The van der Waals surface area contributed by atoms with Crippen molar-refractivity contribution in [1.29, 1.82) is 0 Å². The molecule has 0 unspecified atom stereocenters. The summed E-state index contributed by atoms with van der Waals surface area (Å²) >= 11 is 0. The number of hydrogen-bond acceptors (Lipinski definition) is 7. The average Bonchev–Trinajstić information content (AvgIpc) is 3.10. The van der Waals surface area contributed by atoms with E-state index in [0.717, 1.165) is 5.69 Å². The first-order chi connectivity index (χ1) is 11.6. The number of aromatic nitrogens is 4. The molecule has 1 amide bonds. The van der Waals surface area contributed by atoms with E-state index in [0.29, 0.717) is 44.3 Å². The van der Waals surface area contributed by atoms with E-state index in [1.807, 2.05) is 13.8 Å². The summed E-state index contributed by atoms with van der Waals surface area (Å²) in [4.78, 5) is 26.8. The summed E-state index contributed by atoms with van der Waals surface area (Å²) in [7, 11) is 0. The van der Waals surface area contributed by atoms with Gasteiger partial charge in [0.25, 0.3) is 0 Å². The van der Waals surface area contributed by atoms with Crippen molar-refractivity contribution in [3.63, 3.8) is 0 Å². The number of carbonyl (C=O) groups excluding carboxylic acids is 1. The first-order valence-electron chi connectivity index (χ1n) is 8.11. The molecule has 0 spiro atoms. The number of hydrogen-bond donors (Lipinski definition) is 0. The van der Waals surface area contributed by atoms with Crippen molar-refractivity contribution >= 4 is 5.91 Å². The van der Waals surface area contributed by atoms with E-state index in [2.05, 4.69) is 20.1 Å². The number of rotatable bonds is 5. The fraction of sp³-hybridized carbons (Fsp3) is 0.562. The standard InChI is InChI=1S/C16H21N5O3/c1-11(2)16-19-14(24-20-16)3-4-15(22)21-7-8-23-13(10-21)12-9-17-5-6-18-12/h5-6,9,11,13H,3-4,7-8,10H2,1-2H3/t13-/m0/s1. The van der Waals surface area contributed by atoms with Gasteiger partial charge in [-0.25, -0.2) is 0 Å². The van der Waals surface area contributed by atoms with Crippen molar-refractivity contribution in [2.45, 2.75) is 38.7 Å². The van der Waals surface area contributed by atoms with E-state index in [-0.39, 0.29) is 17.9 Å². The second kappa shape index (κ2) is 7.48. The minimum atomic E-state index is -0.229. The predicted octanol–water partition coefficient (Wildman–Crippen LogP) is 1.52. The molecule has 128 valence electrons. The van der Waals surface area contributed by atoms with E-state index in [4.69, 9.17) is 9.26 Å². The molecule has 1 aliphatic rings. The lowest BCUT2D eigenvalue weighted by molar-refractivity contribution is -0.139. The van der Waals surface area contributed by atoms with Gasteiger partial charge in [0.15, 0.2) is 5.82 Å². The highest BCUT2D eigenvalue weighted by Gasteiger charge is 2.26. The fourth-order valence-corrected chi connectivity index (χ4v) is 2.51. The molecule has 0 aromatic carbocycles. The lowest BCUT2D eigenvalue weighted by Crippen LogP contribution is -2.42. The molecule has 0 bridgehead atoms. The molecule has 1 aliphatic heterocycles. The SMILES string of the molecule is CC(C)c1noc(CCC(=O)N2CCO[C@H](c3cnccn3)C2)n1. The Hall–Kier alpha value is -2.35. The second-order valence-electron chi connectivity index (χ2n) is 6.03. The van der Waals surface area contributed by atoms with Gasteiger partial charge in [0.1, 0.15) is 6.10 Å². The Labute approximate surface area is 140 Å². The normalized spacial score (nSPS) is 18.1. The largest absolute Gasteiger partial charge is 0.368 e. The maximum Gasteiger partial charge on any atom is 0.227 e. The number of ether oxygens (including phenoxy) is 1. The highest BCUT2D eigenvalue weighted by molar-refractivity contribution is 5.76. The Morgan fingerprint density at radius 1 is 1.42 bits per heavy atom. The van der Waals surface area contributed by atoms with Crippen LogP contribution in [0.1, 0.15) is 49.7 Å².